The second kappa shape index (κ2) is 9.82. The average Bonchev–Trinajstić information content (AvgIpc) is 3.29. The molecule has 174 valence electrons. The lowest BCUT2D eigenvalue weighted by atomic mass is 9.86. The van der Waals surface area contributed by atoms with E-state index in [1.807, 2.05) is 31.2 Å². The van der Waals surface area contributed by atoms with Crippen LogP contribution in [0.15, 0.2) is 29.8 Å². The van der Waals surface area contributed by atoms with Crippen LogP contribution in [0, 0.1) is 12.3 Å². The van der Waals surface area contributed by atoms with E-state index in [4.69, 9.17) is 11.8 Å². The van der Waals surface area contributed by atoms with Crippen LogP contribution in [0.3, 0.4) is 0 Å². The second-order valence-corrected chi connectivity index (χ2v) is 10.1. The molecule has 3 N–H and O–H groups in total. The molecule has 0 bridgehead atoms. The summed E-state index contributed by atoms with van der Waals surface area (Å²) in [6.45, 7) is 7.25. The summed E-state index contributed by atoms with van der Waals surface area (Å²) < 4.78 is 14.7. The Labute approximate surface area is 196 Å². The van der Waals surface area contributed by atoms with E-state index in [9.17, 15) is 19.1 Å². The number of likely N-dealkylation sites (tertiary alicyclic amines) is 1. The summed E-state index contributed by atoms with van der Waals surface area (Å²) in [4.78, 5) is 34.7. The fraction of sp³-hybridized carbons (Fsp3) is 0.500. The molecule has 7 nitrogen and oxygen atoms in total. The van der Waals surface area contributed by atoms with Crippen LogP contribution in [-0.2, 0) is 16.1 Å². The summed E-state index contributed by atoms with van der Waals surface area (Å²) in [5, 5.41) is 12.7. The van der Waals surface area contributed by atoms with Crippen LogP contribution in [0.1, 0.15) is 32.0 Å². The molecular weight excluding hydrogens is 455 g/mol. The highest BCUT2D eigenvalue weighted by molar-refractivity contribution is 7.13. The maximum Gasteiger partial charge on any atom is 0.246 e. The Kier molecular flexibility index (Phi) is 7.54. The number of halogens is 2. The maximum absolute atomic E-state index is 14.7. The first kappa shape index (κ1) is 24.6. The summed E-state index contributed by atoms with van der Waals surface area (Å²) in [5.74, 6) is -1.19. The van der Waals surface area contributed by atoms with Crippen molar-refractivity contribution in [2.45, 2.75) is 58.6 Å². The predicted octanol–water partition coefficient (Wildman–Crippen LogP) is 2.80. The first-order valence-corrected chi connectivity index (χ1v) is 11.6. The monoisotopic (exact) mass is 482 g/mol. The quantitative estimate of drug-likeness (QED) is 0.550. The first-order valence-electron chi connectivity index (χ1n) is 10.3. The van der Waals surface area contributed by atoms with E-state index in [2.05, 4.69) is 15.1 Å². The van der Waals surface area contributed by atoms with Crippen molar-refractivity contribution in [2.24, 2.45) is 5.41 Å². The molecule has 10 heteroatoms. The van der Waals surface area contributed by atoms with Crippen LogP contribution in [0.25, 0.3) is 10.4 Å². The lowest BCUT2D eigenvalue weighted by molar-refractivity contribution is -0.142. The topological polar surface area (TPSA) is 94.6 Å². The summed E-state index contributed by atoms with van der Waals surface area (Å²) in [6.07, 6.45) is -3.32. The van der Waals surface area contributed by atoms with Crippen molar-refractivity contribution < 1.29 is 19.1 Å². The van der Waals surface area contributed by atoms with Gasteiger partial charge in [-0.15, -0.1) is 11.3 Å². The van der Waals surface area contributed by atoms with E-state index in [-0.39, 0.29) is 13.1 Å². The second-order valence-electron chi connectivity index (χ2n) is 9.04. The van der Waals surface area contributed by atoms with Gasteiger partial charge in [0.05, 0.1) is 22.6 Å². The SMILES string of the molecule is Cc1ncsc1-c1ccc(CNC(=O)[C@@H]2[C@@H](F)[C@@H](O)CN2C(=O)[C@@H](NCl)C(C)(C)C)cc1. The third kappa shape index (κ3) is 5.11. The van der Waals surface area contributed by atoms with Crippen LogP contribution in [-0.4, -0.2) is 57.7 Å². The van der Waals surface area contributed by atoms with Crippen LogP contribution in [0.5, 0.6) is 0 Å². The molecule has 0 unspecified atom stereocenters. The van der Waals surface area contributed by atoms with E-state index in [0.29, 0.717) is 0 Å². The minimum absolute atomic E-state index is 0.165. The molecule has 1 aromatic carbocycles. The van der Waals surface area contributed by atoms with Gasteiger partial charge in [0, 0.05) is 6.54 Å². The number of β-amino-alcohol motifs (C(OH)–C–C–N with tert-alkyl or cyclic N) is 1. The Morgan fingerprint density at radius 3 is 2.53 bits per heavy atom. The molecular formula is C22H28ClFN4O3S. The molecule has 32 heavy (non-hydrogen) atoms. The lowest BCUT2D eigenvalue weighted by Gasteiger charge is -2.33. The van der Waals surface area contributed by atoms with E-state index >= 15 is 0 Å². The Morgan fingerprint density at radius 2 is 2.00 bits per heavy atom. The number of amides is 2. The summed E-state index contributed by atoms with van der Waals surface area (Å²) in [5.41, 5.74) is 4.03. The molecule has 0 radical (unpaired) electrons. The van der Waals surface area contributed by atoms with Crippen molar-refractivity contribution in [3.8, 4) is 10.4 Å². The Hall–Kier alpha value is -2.07. The van der Waals surface area contributed by atoms with Gasteiger partial charge in [-0.05, 0) is 35.2 Å². The van der Waals surface area contributed by atoms with Crippen LogP contribution in [0.2, 0.25) is 0 Å². The zero-order valence-electron chi connectivity index (χ0n) is 18.4. The molecule has 1 fully saturated rings. The van der Waals surface area contributed by atoms with Gasteiger partial charge in [-0.1, -0.05) is 45.0 Å². The number of aromatic nitrogens is 1. The molecule has 2 heterocycles. The number of aliphatic hydroxyl groups is 1. The number of nitrogens with one attached hydrogen (secondary N) is 2. The van der Waals surface area contributed by atoms with E-state index in [1.165, 1.54) is 0 Å². The van der Waals surface area contributed by atoms with Crippen molar-refractivity contribution in [1.82, 2.24) is 20.0 Å². The van der Waals surface area contributed by atoms with Crippen molar-refractivity contribution in [2.75, 3.05) is 6.54 Å². The zero-order valence-corrected chi connectivity index (χ0v) is 20.0. The molecule has 4 atom stereocenters. The zero-order chi connectivity index (χ0) is 23.6. The number of aliphatic hydroxyl groups excluding tert-OH is 1. The number of rotatable bonds is 6. The number of carbonyl (C=O) groups is 2. The number of hydrogen-bond donors (Lipinski definition) is 3. The predicted molar refractivity (Wildman–Crippen MR) is 123 cm³/mol. The number of aryl methyl sites for hydroxylation is 1. The number of benzene rings is 1. The molecule has 1 saturated heterocycles. The van der Waals surface area contributed by atoms with Gasteiger partial charge in [-0.25, -0.2) is 14.2 Å². The van der Waals surface area contributed by atoms with Gasteiger partial charge in [-0.2, -0.15) is 0 Å². The van der Waals surface area contributed by atoms with Gasteiger partial charge in [0.1, 0.15) is 18.2 Å². The minimum Gasteiger partial charge on any atom is -0.388 e. The third-order valence-electron chi connectivity index (χ3n) is 5.59. The summed E-state index contributed by atoms with van der Waals surface area (Å²) in [6, 6.07) is 5.36. The number of nitrogens with zero attached hydrogens (tertiary/aromatic N) is 2. The van der Waals surface area contributed by atoms with Gasteiger partial charge < -0.3 is 15.3 Å². The first-order chi connectivity index (χ1) is 15.0. The van der Waals surface area contributed by atoms with Crippen molar-refractivity contribution >= 4 is 34.9 Å². The molecule has 2 amide bonds. The fourth-order valence-corrected chi connectivity index (χ4v) is 4.94. The van der Waals surface area contributed by atoms with E-state index in [0.717, 1.165) is 26.6 Å². The Morgan fingerprint density at radius 1 is 1.34 bits per heavy atom. The van der Waals surface area contributed by atoms with Gasteiger partial charge >= 0.3 is 0 Å². The molecule has 1 aliphatic heterocycles. The van der Waals surface area contributed by atoms with Crippen LogP contribution < -0.4 is 10.2 Å². The summed E-state index contributed by atoms with van der Waals surface area (Å²) >= 11 is 7.32. The van der Waals surface area contributed by atoms with Crippen LogP contribution in [0.4, 0.5) is 4.39 Å². The standard InChI is InChI=1S/C22H28ClFN4O3S/c1-12-18(32-11-26-12)14-7-5-13(6-8-14)9-25-20(30)17-16(24)15(29)10-28(17)21(31)19(27-23)22(2,3)4/h5-8,11,15-17,19,27,29H,9-10H2,1-4H3,(H,25,30)/t15-,16-,17-,19+/m0/s1. The Bertz CT molecular complexity index is 963. The maximum atomic E-state index is 14.7. The van der Waals surface area contributed by atoms with Crippen molar-refractivity contribution in [3.63, 3.8) is 0 Å². The van der Waals surface area contributed by atoms with Crippen molar-refractivity contribution in [3.05, 3.63) is 41.0 Å². The minimum atomic E-state index is -1.88. The molecule has 2 aromatic rings. The molecule has 0 spiro atoms. The highest BCUT2D eigenvalue weighted by atomic mass is 35.5. The molecule has 0 aliphatic carbocycles. The average molecular weight is 483 g/mol. The van der Waals surface area contributed by atoms with Crippen LogP contribution >= 0.6 is 23.1 Å². The Balaban J connectivity index is 1.69. The van der Waals surface area contributed by atoms with Gasteiger partial charge in [0.2, 0.25) is 11.8 Å². The van der Waals surface area contributed by atoms with Gasteiger partial charge in [0.25, 0.3) is 0 Å². The fourth-order valence-electron chi connectivity index (χ4n) is 3.70. The molecule has 0 saturated carbocycles. The normalized spacial score (nSPS) is 22.1. The van der Waals surface area contributed by atoms with E-state index < -0.39 is 41.6 Å². The van der Waals surface area contributed by atoms with Crippen molar-refractivity contribution in [1.29, 1.82) is 0 Å². The summed E-state index contributed by atoms with van der Waals surface area (Å²) in [7, 11) is 0. The number of alkyl halides is 1. The molecule has 3 rings (SSSR count). The molecule has 1 aliphatic rings. The van der Waals surface area contributed by atoms with Gasteiger partial charge in [0.15, 0.2) is 6.17 Å². The highest BCUT2D eigenvalue weighted by Gasteiger charge is 2.50. The third-order valence-corrected chi connectivity index (χ3v) is 6.79. The highest BCUT2D eigenvalue weighted by Crippen LogP contribution is 2.29. The largest absolute Gasteiger partial charge is 0.388 e. The van der Waals surface area contributed by atoms with E-state index in [1.54, 1.807) is 37.6 Å². The number of hydrogen-bond acceptors (Lipinski definition) is 6. The smallest absolute Gasteiger partial charge is 0.246 e. The number of carbonyl (C=O) groups excluding carboxylic acids is 2. The van der Waals surface area contributed by atoms with Gasteiger partial charge in [-0.3, -0.25) is 9.59 Å². The number of thiazole rings is 1. The molecule has 1 aromatic heterocycles. The lowest BCUT2D eigenvalue weighted by Crippen LogP contribution is -2.56.